The number of imidazole rings is 1. The van der Waals surface area contributed by atoms with E-state index in [0.29, 0.717) is 0 Å². The van der Waals surface area contributed by atoms with E-state index in [-0.39, 0.29) is 0 Å². The fourth-order valence-electron chi connectivity index (χ4n) is 4.38. The number of hydrogen-bond acceptors (Lipinski definition) is 2. The Kier molecular flexibility index (Phi) is 5.16. The van der Waals surface area contributed by atoms with Crippen molar-refractivity contribution in [2.75, 3.05) is 0 Å². The summed E-state index contributed by atoms with van der Waals surface area (Å²) < 4.78 is 0. The summed E-state index contributed by atoms with van der Waals surface area (Å²) >= 11 is 0. The number of aliphatic imine (C=N–C) groups is 1. The van der Waals surface area contributed by atoms with E-state index in [1.807, 2.05) is 18.3 Å². The van der Waals surface area contributed by atoms with Gasteiger partial charge in [-0.3, -0.25) is 4.99 Å². The Morgan fingerprint density at radius 1 is 0.719 bits per heavy atom. The Balaban J connectivity index is 1.67. The lowest BCUT2D eigenvalue weighted by atomic mass is 9.98. The van der Waals surface area contributed by atoms with Gasteiger partial charge in [-0.05, 0) is 43.0 Å². The lowest BCUT2D eigenvalue weighted by Gasteiger charge is -2.07. The molecular formula is C29H25N3. The van der Waals surface area contributed by atoms with Gasteiger partial charge in [-0.2, -0.15) is 0 Å². The van der Waals surface area contributed by atoms with Crippen LogP contribution < -0.4 is 0 Å². The van der Waals surface area contributed by atoms with Crippen molar-refractivity contribution in [3.63, 3.8) is 0 Å². The molecule has 32 heavy (non-hydrogen) atoms. The summed E-state index contributed by atoms with van der Waals surface area (Å²) in [5, 5.41) is 0. The van der Waals surface area contributed by atoms with Gasteiger partial charge in [0.1, 0.15) is 5.82 Å². The van der Waals surface area contributed by atoms with Crippen LogP contribution in [0, 0.1) is 20.8 Å². The maximum absolute atomic E-state index is 4.96. The standard InChI is InChI=1S/C29H25N3/c1-19-16-20(2)27(21(3)17-19)30-18-26-31-28-24(22-10-6-4-7-11-22)14-15-25(29(28)32-26)23-12-8-5-9-13-23/h4-18H,1-3H3,(H,31,32)/b30-18+. The third kappa shape index (κ3) is 3.74. The van der Waals surface area contributed by atoms with Gasteiger partial charge in [-0.15, -0.1) is 0 Å². The number of rotatable bonds is 4. The van der Waals surface area contributed by atoms with E-state index in [9.17, 15) is 0 Å². The van der Waals surface area contributed by atoms with Crippen LogP contribution in [0.4, 0.5) is 5.69 Å². The summed E-state index contributed by atoms with van der Waals surface area (Å²) in [7, 11) is 0. The van der Waals surface area contributed by atoms with E-state index < -0.39 is 0 Å². The predicted molar refractivity (Wildman–Crippen MR) is 135 cm³/mol. The Bertz CT molecular complexity index is 1330. The molecule has 1 N–H and O–H groups in total. The third-order valence-electron chi connectivity index (χ3n) is 5.78. The molecule has 0 spiro atoms. The van der Waals surface area contributed by atoms with E-state index in [0.717, 1.165) is 44.8 Å². The molecule has 0 aliphatic heterocycles. The summed E-state index contributed by atoms with van der Waals surface area (Å²) in [6, 6.07) is 29.5. The normalized spacial score (nSPS) is 11.5. The Labute approximate surface area is 188 Å². The van der Waals surface area contributed by atoms with Gasteiger partial charge in [0.2, 0.25) is 0 Å². The van der Waals surface area contributed by atoms with Gasteiger partial charge in [0, 0.05) is 11.1 Å². The van der Waals surface area contributed by atoms with E-state index in [1.54, 1.807) is 0 Å². The lowest BCUT2D eigenvalue weighted by molar-refractivity contribution is 1.27. The number of H-pyrrole nitrogens is 1. The number of nitrogens with zero attached hydrogens (tertiary/aromatic N) is 2. The fraction of sp³-hybridized carbons (Fsp3) is 0.103. The van der Waals surface area contributed by atoms with E-state index in [1.165, 1.54) is 16.7 Å². The van der Waals surface area contributed by atoms with Crippen LogP contribution in [-0.2, 0) is 0 Å². The van der Waals surface area contributed by atoms with Gasteiger partial charge >= 0.3 is 0 Å². The topological polar surface area (TPSA) is 41.0 Å². The predicted octanol–water partition coefficient (Wildman–Crippen LogP) is 7.57. The molecule has 1 heterocycles. The number of benzene rings is 4. The van der Waals surface area contributed by atoms with Crippen LogP contribution >= 0.6 is 0 Å². The number of aromatic nitrogens is 2. The van der Waals surface area contributed by atoms with Gasteiger partial charge in [0.25, 0.3) is 0 Å². The molecule has 0 aliphatic rings. The molecule has 0 bridgehead atoms. The molecule has 0 amide bonds. The van der Waals surface area contributed by atoms with Crippen LogP contribution in [0.5, 0.6) is 0 Å². The molecule has 1 aromatic heterocycles. The minimum atomic E-state index is 0.750. The molecule has 0 atom stereocenters. The van der Waals surface area contributed by atoms with Crippen molar-refractivity contribution in [2.45, 2.75) is 20.8 Å². The Morgan fingerprint density at radius 3 is 1.91 bits per heavy atom. The number of aromatic amines is 1. The van der Waals surface area contributed by atoms with Crippen LogP contribution in [-0.4, -0.2) is 16.2 Å². The van der Waals surface area contributed by atoms with Crippen LogP contribution in [0.15, 0.2) is 89.9 Å². The zero-order valence-corrected chi connectivity index (χ0v) is 18.6. The SMILES string of the molecule is Cc1cc(C)c(/N=C/c2nc3c(-c4ccccc4)ccc(-c4ccccc4)c3[nH]2)c(C)c1. The lowest BCUT2D eigenvalue weighted by Crippen LogP contribution is -1.87. The molecule has 5 aromatic rings. The van der Waals surface area contributed by atoms with Crippen molar-refractivity contribution in [1.29, 1.82) is 0 Å². The Hall–Kier alpha value is -3.98. The summed E-state index contributed by atoms with van der Waals surface area (Å²) in [4.78, 5) is 13.3. The first-order valence-electron chi connectivity index (χ1n) is 10.9. The average Bonchev–Trinajstić information content (AvgIpc) is 3.23. The number of nitrogens with one attached hydrogen (secondary N) is 1. The first-order chi connectivity index (χ1) is 15.6. The highest BCUT2D eigenvalue weighted by atomic mass is 14.9. The summed E-state index contributed by atoms with van der Waals surface area (Å²) in [5.74, 6) is 0.750. The van der Waals surface area contributed by atoms with Crippen molar-refractivity contribution in [3.05, 3.63) is 107 Å². The molecule has 0 aliphatic carbocycles. The highest BCUT2D eigenvalue weighted by molar-refractivity contribution is 6.02. The molecule has 156 valence electrons. The van der Waals surface area contributed by atoms with E-state index in [4.69, 9.17) is 9.98 Å². The van der Waals surface area contributed by atoms with E-state index >= 15 is 0 Å². The van der Waals surface area contributed by atoms with Crippen molar-refractivity contribution in [2.24, 2.45) is 4.99 Å². The quantitative estimate of drug-likeness (QED) is 0.302. The summed E-state index contributed by atoms with van der Waals surface area (Å²) in [6.07, 6.45) is 1.84. The van der Waals surface area contributed by atoms with Crippen molar-refractivity contribution >= 4 is 22.9 Å². The molecular weight excluding hydrogens is 390 g/mol. The molecule has 4 aromatic carbocycles. The molecule has 0 fully saturated rings. The van der Waals surface area contributed by atoms with Gasteiger partial charge in [0.15, 0.2) is 0 Å². The molecule has 3 heteroatoms. The number of fused-ring (bicyclic) bond motifs is 1. The molecule has 3 nitrogen and oxygen atoms in total. The second kappa shape index (κ2) is 8.27. The molecule has 0 saturated heterocycles. The van der Waals surface area contributed by atoms with Crippen LogP contribution in [0.3, 0.4) is 0 Å². The van der Waals surface area contributed by atoms with Gasteiger partial charge in [-0.1, -0.05) is 90.5 Å². The van der Waals surface area contributed by atoms with Crippen LogP contribution in [0.2, 0.25) is 0 Å². The monoisotopic (exact) mass is 415 g/mol. The number of hydrogen-bond donors (Lipinski definition) is 1. The van der Waals surface area contributed by atoms with Crippen LogP contribution in [0.25, 0.3) is 33.3 Å². The zero-order chi connectivity index (χ0) is 22.1. The summed E-state index contributed by atoms with van der Waals surface area (Å²) in [6.45, 7) is 6.32. The van der Waals surface area contributed by atoms with Crippen LogP contribution in [0.1, 0.15) is 22.5 Å². The van der Waals surface area contributed by atoms with E-state index in [2.05, 4.69) is 98.6 Å². The third-order valence-corrected chi connectivity index (χ3v) is 5.78. The Morgan fingerprint density at radius 2 is 1.28 bits per heavy atom. The molecule has 5 rings (SSSR count). The fourth-order valence-corrected chi connectivity index (χ4v) is 4.38. The summed E-state index contributed by atoms with van der Waals surface area (Å²) in [5.41, 5.74) is 11.1. The highest BCUT2D eigenvalue weighted by Gasteiger charge is 2.14. The van der Waals surface area contributed by atoms with Gasteiger partial charge < -0.3 is 4.98 Å². The second-order valence-electron chi connectivity index (χ2n) is 8.24. The van der Waals surface area contributed by atoms with Crippen molar-refractivity contribution in [3.8, 4) is 22.3 Å². The maximum Gasteiger partial charge on any atom is 0.149 e. The van der Waals surface area contributed by atoms with Gasteiger partial charge in [-0.25, -0.2) is 4.98 Å². The molecule has 0 unspecified atom stereocenters. The average molecular weight is 416 g/mol. The zero-order valence-electron chi connectivity index (χ0n) is 18.6. The van der Waals surface area contributed by atoms with Crippen molar-refractivity contribution < 1.29 is 0 Å². The first kappa shape index (κ1) is 20.0. The smallest absolute Gasteiger partial charge is 0.149 e. The largest absolute Gasteiger partial charge is 0.337 e. The second-order valence-corrected chi connectivity index (χ2v) is 8.24. The van der Waals surface area contributed by atoms with Gasteiger partial charge in [0.05, 0.1) is 22.9 Å². The number of aryl methyl sites for hydroxylation is 3. The maximum atomic E-state index is 4.96. The highest BCUT2D eigenvalue weighted by Crippen LogP contribution is 2.34. The molecule has 0 radical (unpaired) electrons. The minimum absolute atomic E-state index is 0.750. The molecule has 0 saturated carbocycles. The first-order valence-corrected chi connectivity index (χ1v) is 10.9. The van der Waals surface area contributed by atoms with Crippen molar-refractivity contribution in [1.82, 2.24) is 9.97 Å². The minimum Gasteiger partial charge on any atom is -0.337 e.